The Hall–Kier alpha value is -2.76. The highest BCUT2D eigenvalue weighted by molar-refractivity contribution is 7.92. The Morgan fingerprint density at radius 3 is 2.50 bits per heavy atom. The number of urea groups is 1. The Morgan fingerprint density at radius 2 is 1.85 bits per heavy atom. The number of phenols is 1. The van der Waals surface area contributed by atoms with Crippen molar-refractivity contribution in [2.45, 2.75) is 42.4 Å². The standard InChI is InChI=1S/C21H22Cl2FN3O6S/c1-2-11-10-12(8-9-27(11)21(30)31)34(32,33)19-13(22)6-7-16(18(19)28)26-20(29)25-15-5-3-4-14(24)17(15)23/h3-7,11-12,28H,2,8-10H2,1H3,(H,30,31)(H2,25,26,29). The minimum Gasteiger partial charge on any atom is -0.504 e. The molecule has 1 saturated heterocycles. The number of likely N-dealkylation sites (tertiary alicyclic amines) is 1. The van der Waals surface area contributed by atoms with Crippen LogP contribution in [0.1, 0.15) is 26.2 Å². The number of piperidine rings is 1. The fraction of sp³-hybridized carbons (Fsp3) is 0.333. The number of amides is 3. The average molecular weight is 534 g/mol. The van der Waals surface area contributed by atoms with Crippen molar-refractivity contribution in [3.8, 4) is 5.75 Å². The second kappa shape index (κ2) is 10.2. The summed E-state index contributed by atoms with van der Waals surface area (Å²) in [5, 5.41) is 23.1. The van der Waals surface area contributed by atoms with E-state index in [0.717, 1.165) is 6.07 Å². The number of hydrogen-bond donors (Lipinski definition) is 4. The van der Waals surface area contributed by atoms with Crippen molar-refractivity contribution >= 4 is 56.5 Å². The van der Waals surface area contributed by atoms with Gasteiger partial charge in [-0.05, 0) is 43.5 Å². The first-order valence-electron chi connectivity index (χ1n) is 10.2. The first-order chi connectivity index (χ1) is 16.0. The Morgan fingerprint density at radius 1 is 1.18 bits per heavy atom. The summed E-state index contributed by atoms with van der Waals surface area (Å²) in [6.45, 7) is 1.78. The number of benzene rings is 2. The van der Waals surface area contributed by atoms with Gasteiger partial charge in [-0.25, -0.2) is 22.4 Å². The molecule has 2 aromatic carbocycles. The van der Waals surface area contributed by atoms with Crippen LogP contribution < -0.4 is 10.6 Å². The highest BCUT2D eigenvalue weighted by Crippen LogP contribution is 2.41. The quantitative estimate of drug-likeness (QED) is 0.391. The second-order valence-corrected chi connectivity index (χ2v) is 10.6. The van der Waals surface area contributed by atoms with Crippen molar-refractivity contribution in [3.63, 3.8) is 0 Å². The van der Waals surface area contributed by atoms with E-state index in [1.165, 1.54) is 29.2 Å². The van der Waals surface area contributed by atoms with E-state index in [4.69, 9.17) is 23.2 Å². The van der Waals surface area contributed by atoms with E-state index in [1.54, 1.807) is 6.92 Å². The predicted molar refractivity (Wildman–Crippen MR) is 126 cm³/mol. The summed E-state index contributed by atoms with van der Waals surface area (Å²) in [6, 6.07) is 4.81. The number of anilines is 2. The zero-order valence-electron chi connectivity index (χ0n) is 17.9. The van der Waals surface area contributed by atoms with Gasteiger partial charge in [0.1, 0.15) is 10.7 Å². The minimum absolute atomic E-state index is 0.0187. The zero-order valence-corrected chi connectivity index (χ0v) is 20.2. The van der Waals surface area contributed by atoms with E-state index < -0.39 is 49.7 Å². The summed E-state index contributed by atoms with van der Waals surface area (Å²) in [6.07, 6.45) is -0.643. The van der Waals surface area contributed by atoms with Crippen LogP contribution in [0.5, 0.6) is 5.75 Å². The lowest BCUT2D eigenvalue weighted by molar-refractivity contribution is 0.106. The van der Waals surface area contributed by atoms with Crippen molar-refractivity contribution in [2.24, 2.45) is 0 Å². The molecule has 0 aromatic heterocycles. The molecule has 0 saturated carbocycles. The maximum absolute atomic E-state index is 13.6. The molecule has 3 rings (SSSR count). The lowest BCUT2D eigenvalue weighted by atomic mass is 10.0. The number of nitrogens with zero attached hydrogens (tertiary/aromatic N) is 1. The topological polar surface area (TPSA) is 136 Å². The van der Waals surface area contributed by atoms with Crippen molar-refractivity contribution < 1.29 is 32.6 Å². The molecule has 0 aliphatic carbocycles. The lowest BCUT2D eigenvalue weighted by Gasteiger charge is -2.37. The van der Waals surface area contributed by atoms with Crippen LogP contribution >= 0.6 is 23.2 Å². The third-order valence-corrected chi connectivity index (χ3v) is 8.74. The van der Waals surface area contributed by atoms with Gasteiger partial charge in [-0.3, -0.25) is 0 Å². The Kier molecular flexibility index (Phi) is 7.79. The number of halogens is 3. The molecule has 184 valence electrons. The second-order valence-electron chi connectivity index (χ2n) is 7.68. The van der Waals surface area contributed by atoms with Gasteiger partial charge in [0.25, 0.3) is 0 Å². The summed E-state index contributed by atoms with van der Waals surface area (Å²) in [4.78, 5) is 24.4. The third kappa shape index (κ3) is 5.16. The van der Waals surface area contributed by atoms with Crippen LogP contribution in [-0.2, 0) is 9.84 Å². The lowest BCUT2D eigenvalue weighted by Crippen LogP contribution is -2.48. The first kappa shape index (κ1) is 25.9. The third-order valence-electron chi connectivity index (χ3n) is 5.64. The van der Waals surface area contributed by atoms with Crippen LogP contribution in [0.15, 0.2) is 35.2 Å². The fourth-order valence-corrected chi connectivity index (χ4v) is 6.49. The number of carbonyl (C=O) groups excluding carboxylic acids is 1. The number of sulfone groups is 1. The Bertz CT molecular complexity index is 1230. The van der Waals surface area contributed by atoms with E-state index in [1.807, 2.05) is 0 Å². The number of hydrogen-bond acceptors (Lipinski definition) is 5. The predicted octanol–water partition coefficient (Wildman–Crippen LogP) is 5.18. The zero-order chi connectivity index (χ0) is 25.2. The maximum atomic E-state index is 13.6. The highest BCUT2D eigenvalue weighted by Gasteiger charge is 2.40. The molecule has 1 heterocycles. The summed E-state index contributed by atoms with van der Waals surface area (Å²) >= 11 is 11.9. The SMILES string of the molecule is CCC1CC(S(=O)(=O)c2c(Cl)ccc(NC(=O)Nc3cccc(F)c3Cl)c2O)CCN1C(=O)O. The van der Waals surface area contributed by atoms with E-state index in [0.29, 0.717) is 6.42 Å². The van der Waals surface area contributed by atoms with E-state index in [-0.39, 0.29) is 40.8 Å². The summed E-state index contributed by atoms with van der Waals surface area (Å²) in [5.74, 6) is -1.51. The monoisotopic (exact) mass is 533 g/mol. The van der Waals surface area contributed by atoms with Gasteiger partial charge in [-0.2, -0.15) is 0 Å². The number of carbonyl (C=O) groups is 2. The van der Waals surface area contributed by atoms with Gasteiger partial charge in [0, 0.05) is 12.6 Å². The molecule has 1 aliphatic rings. The molecule has 2 unspecified atom stereocenters. The molecule has 0 spiro atoms. The summed E-state index contributed by atoms with van der Waals surface area (Å²) in [7, 11) is -4.19. The van der Waals surface area contributed by atoms with Crippen LogP contribution in [-0.4, -0.2) is 53.5 Å². The van der Waals surface area contributed by atoms with Crippen LogP contribution in [0, 0.1) is 5.82 Å². The fourth-order valence-electron chi connectivity index (χ4n) is 3.90. The minimum atomic E-state index is -4.19. The average Bonchev–Trinajstić information content (AvgIpc) is 2.78. The van der Waals surface area contributed by atoms with Gasteiger partial charge in [0.05, 0.1) is 26.7 Å². The number of rotatable bonds is 5. The molecule has 0 radical (unpaired) electrons. The summed E-state index contributed by atoms with van der Waals surface area (Å²) < 4.78 is 40.3. The van der Waals surface area contributed by atoms with E-state index in [9.17, 15) is 32.6 Å². The van der Waals surface area contributed by atoms with Crippen molar-refractivity contribution in [3.05, 3.63) is 46.2 Å². The molecule has 13 heteroatoms. The number of carboxylic acid groups (broad SMARTS) is 1. The highest BCUT2D eigenvalue weighted by atomic mass is 35.5. The molecule has 1 aliphatic heterocycles. The number of aromatic hydroxyl groups is 1. The molecule has 4 N–H and O–H groups in total. The van der Waals surface area contributed by atoms with Crippen LogP contribution in [0.4, 0.5) is 25.4 Å². The van der Waals surface area contributed by atoms with Gasteiger partial charge in [0.2, 0.25) is 0 Å². The molecule has 3 amide bonds. The van der Waals surface area contributed by atoms with Gasteiger partial charge >= 0.3 is 12.1 Å². The normalized spacial score (nSPS) is 18.4. The first-order valence-corrected chi connectivity index (χ1v) is 12.5. The Labute approximate surface area is 205 Å². The molecule has 2 atom stereocenters. The smallest absolute Gasteiger partial charge is 0.407 e. The van der Waals surface area contributed by atoms with Crippen LogP contribution in [0.2, 0.25) is 10.0 Å². The van der Waals surface area contributed by atoms with Gasteiger partial charge < -0.3 is 25.7 Å². The van der Waals surface area contributed by atoms with Gasteiger partial charge in [-0.15, -0.1) is 0 Å². The van der Waals surface area contributed by atoms with Crippen LogP contribution in [0.25, 0.3) is 0 Å². The van der Waals surface area contributed by atoms with Crippen LogP contribution in [0.3, 0.4) is 0 Å². The Balaban J connectivity index is 1.86. The summed E-state index contributed by atoms with van der Waals surface area (Å²) in [5.41, 5.74) is -0.278. The van der Waals surface area contributed by atoms with E-state index in [2.05, 4.69) is 10.6 Å². The molecule has 9 nitrogen and oxygen atoms in total. The van der Waals surface area contributed by atoms with Gasteiger partial charge in [0.15, 0.2) is 15.6 Å². The molecule has 0 bridgehead atoms. The number of phenolic OH excluding ortho intramolecular Hbond substituents is 1. The maximum Gasteiger partial charge on any atom is 0.407 e. The molecule has 34 heavy (non-hydrogen) atoms. The van der Waals surface area contributed by atoms with Gasteiger partial charge in [-0.1, -0.05) is 36.2 Å². The van der Waals surface area contributed by atoms with Crippen molar-refractivity contribution in [2.75, 3.05) is 17.2 Å². The number of nitrogens with one attached hydrogen (secondary N) is 2. The van der Waals surface area contributed by atoms with E-state index >= 15 is 0 Å². The molecule has 1 fully saturated rings. The molecular weight excluding hydrogens is 512 g/mol. The van der Waals surface area contributed by atoms with Crippen molar-refractivity contribution in [1.29, 1.82) is 0 Å². The molecular formula is C21H22Cl2FN3O6S. The molecule has 2 aromatic rings. The largest absolute Gasteiger partial charge is 0.504 e. The van der Waals surface area contributed by atoms with Crippen molar-refractivity contribution in [1.82, 2.24) is 4.90 Å².